The zero-order chi connectivity index (χ0) is 12.2. The van der Waals surface area contributed by atoms with Crippen molar-refractivity contribution < 1.29 is 10.0 Å². The predicted molar refractivity (Wildman–Crippen MR) is 59.4 cm³/mol. The van der Waals surface area contributed by atoms with Crippen molar-refractivity contribution in [1.29, 1.82) is 0 Å². The normalized spacial score (nSPS) is 12.5. The van der Waals surface area contributed by atoms with Crippen LogP contribution in [0.3, 0.4) is 0 Å². The minimum absolute atomic E-state index is 0.0594. The first-order valence-electron chi connectivity index (χ1n) is 4.50. The van der Waals surface area contributed by atoms with E-state index in [0.717, 1.165) is 11.5 Å². The molecule has 0 aromatic carbocycles. The zero-order valence-corrected chi connectivity index (χ0v) is 9.78. The molecular formula is C8H13N5O2S. The molecule has 0 aliphatic heterocycles. The molecule has 0 saturated heterocycles. The number of oxime groups is 1. The van der Waals surface area contributed by atoms with Gasteiger partial charge in [0.2, 0.25) is 0 Å². The molecule has 1 aromatic heterocycles. The maximum atomic E-state index is 11.5. The number of carbonyl (C=O) groups excluding carboxylic acids is 1. The molecule has 1 aromatic rings. The summed E-state index contributed by atoms with van der Waals surface area (Å²) in [7, 11) is 0. The third-order valence-electron chi connectivity index (χ3n) is 2.08. The van der Waals surface area contributed by atoms with E-state index in [-0.39, 0.29) is 24.0 Å². The van der Waals surface area contributed by atoms with Gasteiger partial charge in [-0.15, -0.1) is 5.10 Å². The van der Waals surface area contributed by atoms with Crippen LogP contribution in [-0.2, 0) is 0 Å². The Hall–Kier alpha value is -1.70. The van der Waals surface area contributed by atoms with E-state index in [1.54, 1.807) is 19.2 Å². The van der Waals surface area contributed by atoms with Gasteiger partial charge in [-0.1, -0.05) is 23.5 Å². The lowest BCUT2D eigenvalue weighted by molar-refractivity contribution is 0.0939. The zero-order valence-electron chi connectivity index (χ0n) is 8.97. The van der Waals surface area contributed by atoms with Crippen LogP contribution < -0.4 is 11.1 Å². The number of nitrogens with zero attached hydrogens (tertiary/aromatic N) is 3. The SMILES string of the molecule is CC(C)(CNC(=O)c1csnn1)C(N)=NO. The Kier molecular flexibility index (Phi) is 3.78. The monoisotopic (exact) mass is 243 g/mol. The molecule has 0 aliphatic rings. The standard InChI is InChI=1S/C8H13N5O2S/c1-8(2,7(9)12-15)4-10-6(14)5-3-16-13-11-5/h3,15H,4H2,1-2H3,(H2,9,12)(H,10,14). The van der Waals surface area contributed by atoms with Crippen molar-refractivity contribution in [1.82, 2.24) is 14.9 Å². The van der Waals surface area contributed by atoms with E-state index in [4.69, 9.17) is 10.9 Å². The van der Waals surface area contributed by atoms with E-state index in [1.807, 2.05) is 0 Å². The minimum atomic E-state index is -0.617. The van der Waals surface area contributed by atoms with Crippen LogP contribution in [0.2, 0.25) is 0 Å². The number of carbonyl (C=O) groups is 1. The highest BCUT2D eigenvalue weighted by Crippen LogP contribution is 2.13. The van der Waals surface area contributed by atoms with Crippen molar-refractivity contribution in [3.05, 3.63) is 11.1 Å². The summed E-state index contributed by atoms with van der Waals surface area (Å²) in [6.45, 7) is 3.75. The van der Waals surface area contributed by atoms with Crippen molar-refractivity contribution in [3.8, 4) is 0 Å². The van der Waals surface area contributed by atoms with Crippen molar-refractivity contribution in [2.45, 2.75) is 13.8 Å². The molecule has 0 fully saturated rings. The largest absolute Gasteiger partial charge is 0.409 e. The van der Waals surface area contributed by atoms with E-state index in [9.17, 15) is 4.79 Å². The Morgan fingerprint density at radius 2 is 2.44 bits per heavy atom. The molecule has 1 rings (SSSR count). The van der Waals surface area contributed by atoms with E-state index < -0.39 is 5.41 Å². The number of nitrogens with two attached hydrogens (primary N) is 1. The third-order valence-corrected chi connectivity index (χ3v) is 2.59. The van der Waals surface area contributed by atoms with Crippen LogP contribution in [-0.4, -0.2) is 33.1 Å². The molecule has 8 heteroatoms. The number of amides is 1. The van der Waals surface area contributed by atoms with Crippen LogP contribution in [0.1, 0.15) is 24.3 Å². The molecule has 7 nitrogen and oxygen atoms in total. The van der Waals surface area contributed by atoms with Crippen LogP contribution in [0.25, 0.3) is 0 Å². The molecule has 0 aliphatic carbocycles. The molecule has 0 saturated carbocycles. The van der Waals surface area contributed by atoms with Gasteiger partial charge in [-0.05, 0) is 11.5 Å². The summed E-state index contributed by atoms with van der Waals surface area (Å²) in [6.07, 6.45) is 0. The Morgan fingerprint density at radius 1 is 1.75 bits per heavy atom. The maximum absolute atomic E-state index is 11.5. The summed E-state index contributed by atoms with van der Waals surface area (Å²) < 4.78 is 3.58. The van der Waals surface area contributed by atoms with Gasteiger partial charge in [0, 0.05) is 17.3 Å². The van der Waals surface area contributed by atoms with Gasteiger partial charge in [-0.25, -0.2) is 0 Å². The van der Waals surface area contributed by atoms with Crippen molar-refractivity contribution >= 4 is 23.3 Å². The summed E-state index contributed by atoms with van der Waals surface area (Å²) in [5, 5.41) is 19.3. The van der Waals surface area contributed by atoms with Gasteiger partial charge >= 0.3 is 0 Å². The lowest BCUT2D eigenvalue weighted by atomic mass is 9.92. The summed E-state index contributed by atoms with van der Waals surface area (Å²) in [6, 6.07) is 0. The number of hydrogen-bond donors (Lipinski definition) is 3. The van der Waals surface area contributed by atoms with Crippen molar-refractivity contribution in [3.63, 3.8) is 0 Å². The molecule has 1 amide bonds. The predicted octanol–water partition coefficient (Wildman–Crippen LogP) is 0.0405. The Labute approximate surface area is 96.5 Å². The lowest BCUT2D eigenvalue weighted by Crippen LogP contribution is -2.42. The highest BCUT2D eigenvalue weighted by Gasteiger charge is 2.24. The maximum Gasteiger partial charge on any atom is 0.272 e. The second-order valence-corrected chi connectivity index (χ2v) is 4.45. The van der Waals surface area contributed by atoms with Gasteiger partial charge in [-0.3, -0.25) is 4.79 Å². The van der Waals surface area contributed by atoms with Crippen LogP contribution in [0.5, 0.6) is 0 Å². The lowest BCUT2D eigenvalue weighted by Gasteiger charge is -2.22. The number of hydrogen-bond acceptors (Lipinski definition) is 6. The number of amidine groups is 1. The molecular weight excluding hydrogens is 230 g/mol. The fourth-order valence-corrected chi connectivity index (χ4v) is 1.32. The van der Waals surface area contributed by atoms with E-state index in [2.05, 4.69) is 20.1 Å². The fourth-order valence-electron chi connectivity index (χ4n) is 0.881. The quantitative estimate of drug-likeness (QED) is 0.299. The van der Waals surface area contributed by atoms with Gasteiger partial charge < -0.3 is 16.3 Å². The number of nitrogens with one attached hydrogen (secondary N) is 1. The van der Waals surface area contributed by atoms with E-state index in [1.165, 1.54) is 0 Å². The second kappa shape index (κ2) is 4.88. The summed E-state index contributed by atoms with van der Waals surface area (Å²) >= 11 is 1.10. The van der Waals surface area contributed by atoms with Gasteiger partial charge in [0.05, 0.1) is 0 Å². The number of rotatable bonds is 4. The van der Waals surface area contributed by atoms with Gasteiger partial charge in [0.15, 0.2) is 5.69 Å². The van der Waals surface area contributed by atoms with E-state index in [0.29, 0.717) is 0 Å². The van der Waals surface area contributed by atoms with E-state index >= 15 is 0 Å². The fraction of sp³-hybridized carbons (Fsp3) is 0.500. The van der Waals surface area contributed by atoms with Gasteiger partial charge in [-0.2, -0.15) is 0 Å². The molecule has 0 radical (unpaired) electrons. The molecule has 0 atom stereocenters. The Balaban J connectivity index is 2.55. The average molecular weight is 243 g/mol. The second-order valence-electron chi connectivity index (χ2n) is 3.84. The molecule has 0 spiro atoms. The minimum Gasteiger partial charge on any atom is -0.409 e. The first-order chi connectivity index (χ1) is 7.47. The molecule has 16 heavy (non-hydrogen) atoms. The van der Waals surface area contributed by atoms with Crippen LogP contribution in [0.4, 0.5) is 0 Å². The Morgan fingerprint density at radius 3 is 2.94 bits per heavy atom. The van der Waals surface area contributed by atoms with Gasteiger partial charge in [0.25, 0.3) is 5.91 Å². The smallest absolute Gasteiger partial charge is 0.272 e. The molecule has 88 valence electrons. The summed E-state index contributed by atoms with van der Waals surface area (Å²) in [5.74, 6) is -0.267. The first kappa shape index (κ1) is 12.4. The first-order valence-corrected chi connectivity index (χ1v) is 5.34. The highest BCUT2D eigenvalue weighted by atomic mass is 32.1. The van der Waals surface area contributed by atoms with Crippen LogP contribution >= 0.6 is 11.5 Å². The molecule has 1 heterocycles. The van der Waals surface area contributed by atoms with Crippen LogP contribution in [0, 0.1) is 5.41 Å². The molecule has 4 N–H and O–H groups in total. The average Bonchev–Trinajstić information content (AvgIpc) is 2.78. The van der Waals surface area contributed by atoms with Gasteiger partial charge in [0.1, 0.15) is 5.84 Å². The topological polar surface area (TPSA) is 113 Å². The highest BCUT2D eigenvalue weighted by molar-refractivity contribution is 7.03. The summed E-state index contributed by atoms with van der Waals surface area (Å²) in [4.78, 5) is 11.5. The number of aromatic nitrogens is 2. The van der Waals surface area contributed by atoms with Crippen molar-refractivity contribution in [2.24, 2.45) is 16.3 Å². The van der Waals surface area contributed by atoms with Crippen molar-refractivity contribution in [2.75, 3.05) is 6.54 Å². The van der Waals surface area contributed by atoms with Crippen LogP contribution in [0.15, 0.2) is 10.5 Å². The molecule has 0 unspecified atom stereocenters. The summed E-state index contributed by atoms with van der Waals surface area (Å²) in [5.41, 5.74) is 5.13. The third kappa shape index (κ3) is 2.89. The Bertz CT molecular complexity index is 387. The molecule has 0 bridgehead atoms.